The number of alkyl halides is 3. The third-order valence-electron chi connectivity index (χ3n) is 5.24. The molecule has 10 heteroatoms. The van der Waals surface area contributed by atoms with Gasteiger partial charge in [0.05, 0.1) is 5.56 Å². The van der Waals surface area contributed by atoms with E-state index in [2.05, 4.69) is 0 Å². The zero-order valence-corrected chi connectivity index (χ0v) is 17.0. The molecule has 0 spiro atoms. The van der Waals surface area contributed by atoms with Crippen molar-refractivity contribution in [2.24, 2.45) is 0 Å². The Morgan fingerprint density at radius 2 is 1.73 bits per heavy atom. The number of benzene rings is 2. The van der Waals surface area contributed by atoms with Crippen LogP contribution < -0.4 is 0 Å². The van der Waals surface area contributed by atoms with Crippen molar-refractivity contribution in [1.29, 1.82) is 0 Å². The number of nitrogens with zero attached hydrogens (tertiary/aromatic N) is 2. The molecule has 0 atom stereocenters. The van der Waals surface area contributed by atoms with Crippen LogP contribution >= 0.6 is 0 Å². The Balaban J connectivity index is 1.65. The van der Waals surface area contributed by atoms with Crippen molar-refractivity contribution in [3.63, 3.8) is 0 Å². The summed E-state index contributed by atoms with van der Waals surface area (Å²) in [7, 11) is -2.41. The van der Waals surface area contributed by atoms with Gasteiger partial charge in [-0.2, -0.15) is 17.5 Å². The lowest BCUT2D eigenvalue weighted by atomic mass is 10.0. The summed E-state index contributed by atoms with van der Waals surface area (Å²) in [5.41, 5.74) is -0.212. The molecule has 0 radical (unpaired) electrons. The number of hydrogen-bond acceptors (Lipinski definition) is 3. The maximum Gasteiger partial charge on any atom is 0.416 e. The smallest absolute Gasteiger partial charge is 0.299 e. The van der Waals surface area contributed by atoms with Crippen LogP contribution in [0.1, 0.15) is 24.0 Å². The van der Waals surface area contributed by atoms with Crippen molar-refractivity contribution in [1.82, 2.24) is 9.21 Å². The molecule has 4 nitrogen and oxygen atoms in total. The first-order chi connectivity index (χ1) is 14.0. The Morgan fingerprint density at radius 3 is 2.37 bits per heavy atom. The molecule has 2 aromatic rings. The minimum atomic E-state index is -4.42. The molecule has 1 aliphatic rings. The van der Waals surface area contributed by atoms with Gasteiger partial charge in [0.2, 0.25) is 10.0 Å². The van der Waals surface area contributed by atoms with Gasteiger partial charge in [0.15, 0.2) is 0 Å². The quantitative estimate of drug-likeness (QED) is 0.642. The molecule has 1 heterocycles. The maximum absolute atomic E-state index is 13.9. The molecule has 0 bridgehead atoms. The normalized spacial score (nSPS) is 16.9. The van der Waals surface area contributed by atoms with Crippen LogP contribution in [-0.2, 0) is 22.7 Å². The van der Waals surface area contributed by atoms with Gasteiger partial charge in [-0.25, -0.2) is 17.2 Å². The van der Waals surface area contributed by atoms with Crippen LogP contribution in [0.4, 0.5) is 22.0 Å². The van der Waals surface area contributed by atoms with Gasteiger partial charge in [0.25, 0.3) is 0 Å². The van der Waals surface area contributed by atoms with E-state index in [0.29, 0.717) is 24.5 Å². The second-order valence-corrected chi connectivity index (χ2v) is 9.23. The summed E-state index contributed by atoms with van der Waals surface area (Å²) in [5, 5.41) is 0. The summed E-state index contributed by atoms with van der Waals surface area (Å²) >= 11 is 0. The third kappa shape index (κ3) is 4.98. The third-order valence-corrected chi connectivity index (χ3v) is 7.16. The van der Waals surface area contributed by atoms with Gasteiger partial charge in [0.1, 0.15) is 16.5 Å². The lowest BCUT2D eigenvalue weighted by molar-refractivity contribution is -0.137. The standard InChI is InChI=1S/C20H21F5N2O2S/c1-26(13-14-3-2-4-15(11-14)20(23,24)25)17-7-9-27(10-8-17)30(28,29)19-12-16(21)5-6-18(19)22/h2-6,11-12,17H,7-10,13H2,1H3. The fourth-order valence-electron chi connectivity index (χ4n) is 3.60. The maximum atomic E-state index is 13.9. The summed E-state index contributed by atoms with van der Waals surface area (Å²) in [4.78, 5) is 1.18. The van der Waals surface area contributed by atoms with E-state index in [0.717, 1.165) is 28.6 Å². The number of halogens is 5. The second-order valence-electron chi connectivity index (χ2n) is 7.32. The van der Waals surface area contributed by atoms with Gasteiger partial charge < -0.3 is 0 Å². The summed E-state index contributed by atoms with van der Waals surface area (Å²) < 4.78 is 92.4. The van der Waals surface area contributed by atoms with Gasteiger partial charge >= 0.3 is 6.18 Å². The zero-order chi connectivity index (χ0) is 22.1. The Labute approximate surface area is 172 Å². The highest BCUT2D eigenvalue weighted by atomic mass is 32.2. The second kappa shape index (κ2) is 8.60. The van der Waals surface area contributed by atoms with Crippen LogP contribution in [0.2, 0.25) is 0 Å². The van der Waals surface area contributed by atoms with Crippen molar-refractivity contribution in [3.05, 3.63) is 65.2 Å². The molecule has 1 aliphatic heterocycles. The van der Waals surface area contributed by atoms with Crippen molar-refractivity contribution >= 4 is 10.0 Å². The van der Waals surface area contributed by atoms with Gasteiger partial charge in [-0.1, -0.05) is 18.2 Å². The van der Waals surface area contributed by atoms with Crippen LogP contribution in [-0.4, -0.2) is 43.8 Å². The molecule has 30 heavy (non-hydrogen) atoms. The molecule has 2 aromatic carbocycles. The molecule has 0 unspecified atom stereocenters. The zero-order valence-electron chi connectivity index (χ0n) is 16.2. The highest BCUT2D eigenvalue weighted by Gasteiger charge is 2.33. The average molecular weight is 448 g/mol. The summed E-state index contributed by atoms with van der Waals surface area (Å²) in [6, 6.07) is 7.31. The first kappa shape index (κ1) is 22.6. The lowest BCUT2D eigenvalue weighted by Gasteiger charge is -2.36. The molecular weight excluding hydrogens is 427 g/mol. The summed E-state index contributed by atoms with van der Waals surface area (Å²) in [6.07, 6.45) is -3.57. The van der Waals surface area contributed by atoms with E-state index >= 15 is 0 Å². The van der Waals surface area contributed by atoms with Gasteiger partial charge in [-0.3, -0.25) is 4.90 Å². The minimum Gasteiger partial charge on any atom is -0.299 e. The molecule has 1 saturated heterocycles. The van der Waals surface area contributed by atoms with Gasteiger partial charge in [-0.15, -0.1) is 0 Å². The van der Waals surface area contributed by atoms with Gasteiger partial charge in [0, 0.05) is 25.7 Å². The predicted molar refractivity (Wildman–Crippen MR) is 101 cm³/mol. The SMILES string of the molecule is CN(Cc1cccc(C(F)(F)F)c1)C1CCN(S(=O)(=O)c2cc(F)ccc2F)CC1. The first-order valence-corrected chi connectivity index (χ1v) is 10.7. The Kier molecular flexibility index (Phi) is 6.49. The summed E-state index contributed by atoms with van der Waals surface area (Å²) in [5.74, 6) is -1.86. The van der Waals surface area contributed by atoms with E-state index in [1.54, 1.807) is 13.1 Å². The fraction of sp³-hybridized carbons (Fsp3) is 0.400. The molecule has 3 rings (SSSR count). The van der Waals surface area contributed by atoms with E-state index < -0.39 is 38.3 Å². The lowest BCUT2D eigenvalue weighted by Crippen LogP contribution is -2.45. The minimum absolute atomic E-state index is 0.0525. The van der Waals surface area contributed by atoms with Gasteiger partial charge in [-0.05, 0) is 49.7 Å². The van der Waals surface area contributed by atoms with Crippen LogP contribution in [0.25, 0.3) is 0 Å². The van der Waals surface area contributed by atoms with Crippen LogP contribution in [0.3, 0.4) is 0 Å². The number of rotatable bonds is 5. The Hall–Kier alpha value is -2.04. The monoisotopic (exact) mass is 448 g/mol. The number of sulfonamides is 1. The molecule has 0 aliphatic carbocycles. The summed E-state index contributed by atoms with van der Waals surface area (Å²) in [6.45, 7) is 0.492. The Bertz CT molecular complexity index is 1000. The van der Waals surface area contributed by atoms with Crippen LogP contribution in [0.15, 0.2) is 47.4 Å². The topological polar surface area (TPSA) is 40.6 Å². The highest BCUT2D eigenvalue weighted by molar-refractivity contribution is 7.89. The number of hydrogen-bond donors (Lipinski definition) is 0. The first-order valence-electron chi connectivity index (χ1n) is 9.30. The van der Waals surface area contributed by atoms with E-state index in [-0.39, 0.29) is 25.7 Å². The molecular formula is C20H21F5N2O2S. The Morgan fingerprint density at radius 1 is 1.07 bits per heavy atom. The number of piperidine rings is 1. The van der Waals surface area contributed by atoms with Crippen molar-refractivity contribution in [2.75, 3.05) is 20.1 Å². The van der Waals surface area contributed by atoms with E-state index in [9.17, 15) is 30.4 Å². The largest absolute Gasteiger partial charge is 0.416 e. The average Bonchev–Trinajstić information content (AvgIpc) is 2.69. The molecule has 0 aromatic heterocycles. The van der Waals surface area contributed by atoms with Crippen LogP contribution in [0.5, 0.6) is 0 Å². The molecule has 0 saturated carbocycles. The van der Waals surface area contributed by atoms with Crippen molar-refractivity contribution in [2.45, 2.75) is 36.5 Å². The molecule has 164 valence electrons. The van der Waals surface area contributed by atoms with E-state index in [1.165, 1.54) is 6.07 Å². The highest BCUT2D eigenvalue weighted by Crippen LogP contribution is 2.30. The molecule has 0 N–H and O–H groups in total. The molecule has 0 amide bonds. The van der Waals surface area contributed by atoms with E-state index in [1.807, 2.05) is 4.90 Å². The van der Waals surface area contributed by atoms with Crippen molar-refractivity contribution < 1.29 is 30.4 Å². The van der Waals surface area contributed by atoms with Crippen LogP contribution in [0, 0.1) is 11.6 Å². The predicted octanol–water partition coefficient (Wildman–Crippen LogP) is 4.27. The fourth-order valence-corrected chi connectivity index (χ4v) is 5.15. The molecule has 1 fully saturated rings. The van der Waals surface area contributed by atoms with Crippen molar-refractivity contribution in [3.8, 4) is 0 Å². The van der Waals surface area contributed by atoms with E-state index in [4.69, 9.17) is 0 Å².